The van der Waals surface area contributed by atoms with Crippen molar-refractivity contribution < 1.29 is 31.5 Å². The summed E-state index contributed by atoms with van der Waals surface area (Å²) in [6.45, 7) is 28.4. The second kappa shape index (κ2) is 15.0. The lowest BCUT2D eigenvalue weighted by Crippen LogP contribution is -2.47. The molecule has 0 aliphatic heterocycles. The van der Waals surface area contributed by atoms with Gasteiger partial charge in [0.05, 0.1) is 52.4 Å². The maximum atomic E-state index is 8.91. The van der Waals surface area contributed by atoms with E-state index in [9.17, 15) is 0 Å². The minimum atomic E-state index is -4.97. The van der Waals surface area contributed by atoms with Crippen LogP contribution in [0, 0.1) is 0 Å². The normalized spacial score (nSPS) is 11.9. The van der Waals surface area contributed by atoms with Crippen LogP contribution in [0.15, 0.2) is 0 Å². The lowest BCUT2D eigenvalue weighted by molar-refractivity contribution is -0.921. The molecule has 0 fully saturated rings. The Morgan fingerprint density at radius 1 is 0.625 bits per heavy atom. The summed E-state index contributed by atoms with van der Waals surface area (Å²) in [7, 11) is -4.97. The fourth-order valence-electron chi connectivity index (χ4n) is 2.68. The monoisotopic (exact) mass is 372 g/mol. The standard InChI is InChI=1S/2C8H20N.H2O5S/c2*1-5-9(6-2,7-3)8-4;1-5-6(2,3)4/h2*5-8H2,1-4H3;1H,(H,2,3,4)/q2*+1;/p-2. The highest BCUT2D eigenvalue weighted by Gasteiger charge is 2.16. The van der Waals surface area contributed by atoms with Gasteiger partial charge >= 0.3 is 0 Å². The molecule has 0 aromatic rings. The summed E-state index contributed by atoms with van der Waals surface area (Å²) in [5.41, 5.74) is 0. The molecule has 0 saturated heterocycles. The van der Waals surface area contributed by atoms with Gasteiger partial charge in [0.2, 0.25) is 10.4 Å². The Balaban J connectivity index is -0.000000282. The van der Waals surface area contributed by atoms with E-state index in [2.05, 4.69) is 59.7 Å². The van der Waals surface area contributed by atoms with Gasteiger partial charge in [-0.25, -0.2) is 8.42 Å². The zero-order chi connectivity index (χ0) is 19.9. The minimum Gasteiger partial charge on any atom is -0.726 e. The van der Waals surface area contributed by atoms with Gasteiger partial charge in [0.1, 0.15) is 0 Å². The van der Waals surface area contributed by atoms with Crippen molar-refractivity contribution in [2.75, 3.05) is 52.4 Å². The molecular weight excluding hydrogens is 332 g/mol. The lowest BCUT2D eigenvalue weighted by Gasteiger charge is -2.34. The molecule has 0 rings (SSSR count). The van der Waals surface area contributed by atoms with Gasteiger partial charge in [-0.3, -0.25) is 0 Å². The van der Waals surface area contributed by atoms with Gasteiger partial charge in [-0.15, -0.1) is 0 Å². The van der Waals surface area contributed by atoms with E-state index in [0.29, 0.717) is 0 Å². The first kappa shape index (κ1) is 28.5. The number of nitrogens with zero attached hydrogens (tertiary/aromatic N) is 2. The number of rotatable bonds is 9. The average molecular weight is 373 g/mol. The van der Waals surface area contributed by atoms with Crippen LogP contribution in [-0.2, 0) is 14.7 Å². The Morgan fingerprint density at radius 2 is 0.750 bits per heavy atom. The summed E-state index contributed by atoms with van der Waals surface area (Å²) >= 11 is 0. The number of quaternary nitrogens is 2. The number of hydrogen-bond acceptors (Lipinski definition) is 5. The minimum absolute atomic E-state index is 1.28. The highest BCUT2D eigenvalue weighted by molar-refractivity contribution is 7.80. The largest absolute Gasteiger partial charge is 0.726 e. The van der Waals surface area contributed by atoms with Crippen molar-refractivity contribution in [3.63, 3.8) is 0 Å². The predicted molar refractivity (Wildman–Crippen MR) is 95.6 cm³/mol. The zero-order valence-electron chi connectivity index (χ0n) is 17.0. The lowest BCUT2D eigenvalue weighted by atomic mass is 10.3. The summed E-state index contributed by atoms with van der Waals surface area (Å²) in [6.07, 6.45) is 0. The van der Waals surface area contributed by atoms with Crippen LogP contribution in [-0.4, -0.2) is 74.3 Å². The fraction of sp³-hybridized carbons (Fsp3) is 1.00. The highest BCUT2D eigenvalue weighted by atomic mass is 32.3. The van der Waals surface area contributed by atoms with Crippen molar-refractivity contribution in [2.45, 2.75) is 55.4 Å². The van der Waals surface area contributed by atoms with Gasteiger partial charge in [-0.2, -0.15) is 0 Å². The van der Waals surface area contributed by atoms with Crippen molar-refractivity contribution in [1.82, 2.24) is 0 Å². The summed E-state index contributed by atoms with van der Waals surface area (Å²) in [6, 6.07) is 0. The van der Waals surface area contributed by atoms with Crippen molar-refractivity contribution >= 4 is 10.4 Å². The maximum absolute atomic E-state index is 8.91. The molecule has 7 nitrogen and oxygen atoms in total. The van der Waals surface area contributed by atoms with E-state index in [-0.39, 0.29) is 0 Å². The second-order valence-electron chi connectivity index (χ2n) is 5.69. The maximum Gasteiger partial charge on any atom is 0.208 e. The average Bonchev–Trinajstić information content (AvgIpc) is 2.60. The van der Waals surface area contributed by atoms with Crippen molar-refractivity contribution in [1.29, 1.82) is 0 Å². The quantitative estimate of drug-likeness (QED) is 0.201. The van der Waals surface area contributed by atoms with Gasteiger partial charge < -0.3 is 23.1 Å². The molecule has 8 heteroatoms. The molecule has 0 amide bonds. The van der Waals surface area contributed by atoms with E-state index in [4.69, 9.17) is 18.2 Å². The van der Waals surface area contributed by atoms with Crippen LogP contribution in [0.4, 0.5) is 0 Å². The molecule has 0 aliphatic rings. The Bertz CT molecular complexity index is 312. The second-order valence-corrected chi connectivity index (χ2v) is 6.64. The SMILES string of the molecule is CC[N+](CC)(CC)CC.CC[N+](CC)(CC)CC.O=S(=O)([O-])O[O-]. The van der Waals surface area contributed by atoms with Crippen molar-refractivity contribution in [2.24, 2.45) is 0 Å². The molecule has 0 radical (unpaired) electrons. The van der Waals surface area contributed by atoms with E-state index < -0.39 is 10.4 Å². The summed E-state index contributed by atoms with van der Waals surface area (Å²) in [4.78, 5) is 0. The highest BCUT2D eigenvalue weighted by Crippen LogP contribution is 2.03. The third-order valence-electron chi connectivity index (χ3n) is 5.45. The molecule has 0 N–H and O–H groups in total. The Kier molecular flexibility index (Phi) is 17.9. The van der Waals surface area contributed by atoms with E-state index in [1.165, 1.54) is 61.3 Å². The van der Waals surface area contributed by atoms with Crippen LogP contribution < -0.4 is 5.26 Å². The third-order valence-corrected chi connectivity index (χ3v) is 5.62. The molecule has 0 heterocycles. The van der Waals surface area contributed by atoms with Crippen molar-refractivity contribution in [3.05, 3.63) is 0 Å². The van der Waals surface area contributed by atoms with Gasteiger partial charge in [-0.1, -0.05) is 0 Å². The van der Waals surface area contributed by atoms with Crippen LogP contribution in [0.2, 0.25) is 0 Å². The molecule has 0 aromatic carbocycles. The molecule has 0 spiro atoms. The Morgan fingerprint density at radius 3 is 0.750 bits per heavy atom. The van der Waals surface area contributed by atoms with Gasteiger partial charge in [-0.05, 0) is 55.4 Å². The first-order chi connectivity index (χ1) is 11.0. The van der Waals surface area contributed by atoms with Gasteiger partial charge in [0, 0.05) is 0 Å². The molecule has 0 aliphatic carbocycles. The summed E-state index contributed by atoms with van der Waals surface area (Å²) in [5.74, 6) is 0. The summed E-state index contributed by atoms with van der Waals surface area (Å²) < 4.78 is 31.4. The van der Waals surface area contributed by atoms with Crippen LogP contribution in [0.3, 0.4) is 0 Å². The summed E-state index contributed by atoms with van der Waals surface area (Å²) in [5, 5.41) is 8.55. The molecule has 0 atom stereocenters. The smallest absolute Gasteiger partial charge is 0.208 e. The van der Waals surface area contributed by atoms with Crippen LogP contribution in [0.25, 0.3) is 0 Å². The molecule has 150 valence electrons. The fourth-order valence-corrected chi connectivity index (χ4v) is 2.68. The zero-order valence-corrected chi connectivity index (χ0v) is 17.8. The molecule has 0 bridgehead atoms. The molecule has 0 aromatic heterocycles. The van der Waals surface area contributed by atoms with E-state index in [0.717, 1.165) is 0 Å². The van der Waals surface area contributed by atoms with Crippen LogP contribution >= 0.6 is 0 Å². The molecule has 24 heavy (non-hydrogen) atoms. The van der Waals surface area contributed by atoms with E-state index in [1.807, 2.05) is 0 Å². The Hall–Kier alpha value is -0.250. The van der Waals surface area contributed by atoms with E-state index in [1.54, 1.807) is 0 Å². The van der Waals surface area contributed by atoms with E-state index >= 15 is 0 Å². The van der Waals surface area contributed by atoms with Crippen LogP contribution in [0.1, 0.15) is 55.4 Å². The molecule has 0 unspecified atom stereocenters. The Labute approximate surface area is 150 Å². The molecule has 0 saturated carbocycles. The van der Waals surface area contributed by atoms with Crippen LogP contribution in [0.5, 0.6) is 0 Å². The first-order valence-corrected chi connectivity index (χ1v) is 10.4. The third kappa shape index (κ3) is 13.1. The topological polar surface area (TPSA) is 89.5 Å². The molecular formula is C16H40N2O5S. The first-order valence-electron chi connectivity index (χ1n) is 9.02. The predicted octanol–water partition coefficient (Wildman–Crippen LogP) is 1.50. The number of hydrogen-bond donors (Lipinski definition) is 0. The van der Waals surface area contributed by atoms with Crippen molar-refractivity contribution in [3.8, 4) is 0 Å². The van der Waals surface area contributed by atoms with Gasteiger partial charge in [0.25, 0.3) is 0 Å². The van der Waals surface area contributed by atoms with Gasteiger partial charge in [0.15, 0.2) is 0 Å².